The first-order chi connectivity index (χ1) is 9.43. The molecule has 20 heavy (non-hydrogen) atoms. The van der Waals surface area contributed by atoms with Crippen molar-refractivity contribution in [1.82, 2.24) is 10.3 Å². The molecule has 0 aromatic carbocycles. The van der Waals surface area contributed by atoms with E-state index in [2.05, 4.69) is 15.6 Å². The third kappa shape index (κ3) is 5.13. The molecule has 0 radical (unpaired) electrons. The van der Waals surface area contributed by atoms with Crippen LogP contribution in [-0.4, -0.2) is 28.5 Å². The van der Waals surface area contributed by atoms with E-state index in [4.69, 9.17) is 18.0 Å². The van der Waals surface area contributed by atoms with Crippen molar-refractivity contribution in [3.63, 3.8) is 0 Å². The first kappa shape index (κ1) is 16.4. The molecule has 0 saturated heterocycles. The van der Waals surface area contributed by atoms with E-state index in [0.717, 1.165) is 12.1 Å². The molecule has 1 aromatic rings. The van der Waals surface area contributed by atoms with Gasteiger partial charge in [-0.1, -0.05) is 19.1 Å². The van der Waals surface area contributed by atoms with Gasteiger partial charge in [-0.3, -0.25) is 4.79 Å². The number of amides is 1. The number of thiocarbonyl (C=S) groups is 1. The molecule has 1 rings (SSSR count). The van der Waals surface area contributed by atoms with E-state index in [-0.39, 0.29) is 11.9 Å². The van der Waals surface area contributed by atoms with Gasteiger partial charge >= 0.3 is 0 Å². The van der Waals surface area contributed by atoms with Crippen LogP contribution < -0.4 is 16.4 Å². The number of hydrogen-bond acceptors (Lipinski definition) is 4. The van der Waals surface area contributed by atoms with Crippen molar-refractivity contribution in [1.29, 1.82) is 0 Å². The predicted octanol–water partition coefficient (Wildman–Crippen LogP) is 1.74. The van der Waals surface area contributed by atoms with Crippen LogP contribution in [0.15, 0.2) is 12.1 Å². The van der Waals surface area contributed by atoms with E-state index in [1.54, 1.807) is 0 Å². The minimum atomic E-state index is 0.0244. The summed E-state index contributed by atoms with van der Waals surface area (Å²) in [6.07, 6.45) is 1.31. The molecule has 1 amide bonds. The molecule has 5 nitrogen and oxygen atoms in total. The quantitative estimate of drug-likeness (QED) is 0.668. The number of anilines is 1. The predicted molar refractivity (Wildman–Crippen MR) is 85.9 cm³/mol. The summed E-state index contributed by atoms with van der Waals surface area (Å²) in [5, 5.41) is 6.03. The fraction of sp³-hybridized carbons (Fsp3) is 0.500. The standard InChI is InChI=1S/C14H22N4OS/c1-4-9(2)17-12(19)7-8-16-14-11(13(15)20)6-5-10(3)18-14/h5-6,9H,4,7-8H2,1-3H3,(H2,15,20)(H,16,18)(H,17,19). The van der Waals surface area contributed by atoms with Crippen LogP contribution in [0.3, 0.4) is 0 Å². The van der Waals surface area contributed by atoms with Crippen LogP contribution in [-0.2, 0) is 4.79 Å². The number of rotatable bonds is 7. The van der Waals surface area contributed by atoms with Crippen LogP contribution in [0.1, 0.15) is 37.9 Å². The Morgan fingerprint density at radius 2 is 2.20 bits per heavy atom. The van der Waals surface area contributed by atoms with Crippen LogP contribution in [0.4, 0.5) is 5.82 Å². The summed E-state index contributed by atoms with van der Waals surface area (Å²) in [4.78, 5) is 16.3. The molecule has 0 saturated carbocycles. The van der Waals surface area contributed by atoms with E-state index >= 15 is 0 Å². The van der Waals surface area contributed by atoms with E-state index in [0.29, 0.717) is 29.3 Å². The fourth-order valence-electron chi connectivity index (χ4n) is 1.63. The molecule has 0 bridgehead atoms. The van der Waals surface area contributed by atoms with Crippen molar-refractivity contribution in [3.8, 4) is 0 Å². The minimum Gasteiger partial charge on any atom is -0.389 e. The first-order valence-corrected chi connectivity index (χ1v) is 7.15. The summed E-state index contributed by atoms with van der Waals surface area (Å²) in [6, 6.07) is 3.90. The molecule has 1 aromatic heterocycles. The highest BCUT2D eigenvalue weighted by molar-refractivity contribution is 7.80. The van der Waals surface area contributed by atoms with Crippen molar-refractivity contribution >= 4 is 28.9 Å². The van der Waals surface area contributed by atoms with Gasteiger partial charge in [0.2, 0.25) is 5.91 Å². The highest BCUT2D eigenvalue weighted by atomic mass is 32.1. The van der Waals surface area contributed by atoms with E-state index in [1.807, 2.05) is 32.9 Å². The molecule has 1 heterocycles. The lowest BCUT2D eigenvalue weighted by Gasteiger charge is -2.13. The zero-order valence-corrected chi connectivity index (χ0v) is 13.0. The molecule has 1 unspecified atom stereocenters. The molecule has 0 fully saturated rings. The number of aromatic nitrogens is 1. The topological polar surface area (TPSA) is 80.0 Å². The molecule has 0 aliphatic carbocycles. The summed E-state index contributed by atoms with van der Waals surface area (Å²) in [6.45, 7) is 6.41. The van der Waals surface area contributed by atoms with Crippen LogP contribution in [0.2, 0.25) is 0 Å². The summed E-state index contributed by atoms with van der Waals surface area (Å²) in [7, 11) is 0. The second kappa shape index (κ2) is 7.79. The molecule has 1 atom stereocenters. The average molecular weight is 294 g/mol. The second-order valence-corrected chi connectivity index (χ2v) is 5.21. The number of carbonyl (C=O) groups is 1. The summed E-state index contributed by atoms with van der Waals surface area (Å²) in [5.74, 6) is 0.658. The number of pyridine rings is 1. The van der Waals surface area contributed by atoms with Gasteiger partial charge in [-0.2, -0.15) is 0 Å². The first-order valence-electron chi connectivity index (χ1n) is 6.74. The van der Waals surface area contributed by atoms with Crippen molar-refractivity contribution in [2.45, 2.75) is 39.7 Å². The van der Waals surface area contributed by atoms with E-state index in [1.165, 1.54) is 0 Å². The molecule has 0 aliphatic rings. The maximum Gasteiger partial charge on any atom is 0.221 e. The summed E-state index contributed by atoms with van der Waals surface area (Å²) in [5.41, 5.74) is 7.23. The largest absolute Gasteiger partial charge is 0.389 e. The van der Waals surface area contributed by atoms with Gasteiger partial charge in [0.25, 0.3) is 0 Å². The Morgan fingerprint density at radius 1 is 1.50 bits per heavy atom. The molecule has 110 valence electrons. The highest BCUT2D eigenvalue weighted by Gasteiger charge is 2.09. The zero-order chi connectivity index (χ0) is 15.1. The van der Waals surface area contributed by atoms with E-state index < -0.39 is 0 Å². The lowest BCUT2D eigenvalue weighted by atomic mass is 10.2. The molecule has 4 N–H and O–H groups in total. The third-order valence-electron chi connectivity index (χ3n) is 2.96. The van der Waals surface area contributed by atoms with Crippen LogP contribution >= 0.6 is 12.2 Å². The van der Waals surface area contributed by atoms with Gasteiger partial charge in [-0.25, -0.2) is 4.98 Å². The number of hydrogen-bond donors (Lipinski definition) is 3. The van der Waals surface area contributed by atoms with Gasteiger partial charge in [0.1, 0.15) is 10.8 Å². The van der Waals surface area contributed by atoms with Crippen molar-refractivity contribution < 1.29 is 4.79 Å². The normalized spacial score (nSPS) is 11.8. The molecule has 0 aliphatic heterocycles. The monoisotopic (exact) mass is 294 g/mol. The number of nitrogens with one attached hydrogen (secondary N) is 2. The number of nitrogens with zero attached hydrogens (tertiary/aromatic N) is 1. The van der Waals surface area contributed by atoms with Gasteiger partial charge < -0.3 is 16.4 Å². The van der Waals surface area contributed by atoms with Gasteiger partial charge in [0.15, 0.2) is 0 Å². The number of aryl methyl sites for hydroxylation is 1. The molecular formula is C14H22N4OS. The SMILES string of the molecule is CCC(C)NC(=O)CCNc1nc(C)ccc1C(N)=S. The Bertz CT molecular complexity index is 490. The Balaban J connectivity index is 2.55. The Kier molecular flexibility index (Phi) is 6.38. The Labute approximate surface area is 125 Å². The maximum absolute atomic E-state index is 11.7. The Hall–Kier alpha value is -1.69. The fourth-order valence-corrected chi connectivity index (χ4v) is 1.80. The van der Waals surface area contributed by atoms with E-state index in [9.17, 15) is 4.79 Å². The minimum absolute atomic E-state index is 0.0244. The smallest absolute Gasteiger partial charge is 0.221 e. The number of carbonyl (C=O) groups excluding carboxylic acids is 1. The van der Waals surface area contributed by atoms with Crippen LogP contribution in [0.5, 0.6) is 0 Å². The Morgan fingerprint density at radius 3 is 2.80 bits per heavy atom. The highest BCUT2D eigenvalue weighted by Crippen LogP contribution is 2.13. The van der Waals surface area contributed by atoms with Gasteiger partial charge in [-0.15, -0.1) is 0 Å². The van der Waals surface area contributed by atoms with Crippen molar-refractivity contribution in [2.75, 3.05) is 11.9 Å². The molecular weight excluding hydrogens is 272 g/mol. The van der Waals surface area contributed by atoms with Gasteiger partial charge in [0, 0.05) is 24.7 Å². The molecule has 0 spiro atoms. The summed E-state index contributed by atoms with van der Waals surface area (Å²) < 4.78 is 0. The zero-order valence-electron chi connectivity index (χ0n) is 12.2. The van der Waals surface area contributed by atoms with Crippen LogP contribution in [0, 0.1) is 6.92 Å². The van der Waals surface area contributed by atoms with Crippen LogP contribution in [0.25, 0.3) is 0 Å². The second-order valence-electron chi connectivity index (χ2n) is 4.77. The van der Waals surface area contributed by atoms with Gasteiger partial charge in [-0.05, 0) is 32.4 Å². The third-order valence-corrected chi connectivity index (χ3v) is 3.18. The van der Waals surface area contributed by atoms with Gasteiger partial charge in [0.05, 0.1) is 5.56 Å². The number of nitrogens with two attached hydrogens (primary N) is 1. The molecule has 6 heteroatoms. The van der Waals surface area contributed by atoms with Crippen molar-refractivity contribution in [2.24, 2.45) is 5.73 Å². The maximum atomic E-state index is 11.7. The summed E-state index contributed by atoms with van der Waals surface area (Å²) >= 11 is 4.99. The lowest BCUT2D eigenvalue weighted by Crippen LogP contribution is -2.33. The lowest BCUT2D eigenvalue weighted by molar-refractivity contribution is -0.121. The van der Waals surface area contributed by atoms with Crippen molar-refractivity contribution in [3.05, 3.63) is 23.4 Å². The average Bonchev–Trinajstić information content (AvgIpc) is 2.38.